The van der Waals surface area contributed by atoms with E-state index >= 15 is 0 Å². The molecule has 2 N–H and O–H groups in total. The standard InChI is InChI=1S/C15H18N6O.C2HF3O2/c1-3-12(4-7-20-22-2)21-9-11(8-19-21)14-13-5-6-16-15(13)18-10-17-14;3-2(4,5)1(6)7/h5-10,12H,3-4H2,1-2H3,(H,16,17,18);(H,6,7)/b20-7-;. The lowest BCUT2D eigenvalue weighted by molar-refractivity contribution is -0.192. The number of nitrogens with zero attached hydrogens (tertiary/aromatic N) is 5. The zero-order valence-electron chi connectivity index (χ0n) is 15.6. The van der Waals surface area contributed by atoms with Gasteiger partial charge in [-0.05, 0) is 12.5 Å². The number of carbonyl (C=O) groups is 1. The zero-order chi connectivity index (χ0) is 21.4. The van der Waals surface area contributed by atoms with E-state index in [1.54, 1.807) is 19.7 Å². The van der Waals surface area contributed by atoms with Crippen LogP contribution in [0.25, 0.3) is 22.3 Å². The van der Waals surface area contributed by atoms with Crippen LogP contribution in [0.4, 0.5) is 13.2 Å². The van der Waals surface area contributed by atoms with E-state index in [1.807, 2.05) is 29.3 Å². The lowest BCUT2D eigenvalue weighted by Gasteiger charge is -2.12. The second-order valence-electron chi connectivity index (χ2n) is 5.74. The maximum atomic E-state index is 10.6. The van der Waals surface area contributed by atoms with Crippen LogP contribution < -0.4 is 0 Å². The van der Waals surface area contributed by atoms with Crippen LogP contribution in [0.3, 0.4) is 0 Å². The number of halogens is 3. The molecule has 0 aliphatic carbocycles. The van der Waals surface area contributed by atoms with E-state index in [-0.39, 0.29) is 6.04 Å². The van der Waals surface area contributed by atoms with Crippen LogP contribution in [0.15, 0.2) is 36.1 Å². The predicted octanol–water partition coefficient (Wildman–Crippen LogP) is 3.43. The van der Waals surface area contributed by atoms with Gasteiger partial charge in [-0.1, -0.05) is 12.1 Å². The molecule has 0 aromatic carbocycles. The highest BCUT2D eigenvalue weighted by Crippen LogP contribution is 2.25. The van der Waals surface area contributed by atoms with Gasteiger partial charge in [-0.25, -0.2) is 14.8 Å². The normalized spacial score (nSPS) is 12.6. The first kappa shape index (κ1) is 21.9. The number of carboxylic acid groups (broad SMARTS) is 1. The quantitative estimate of drug-likeness (QED) is 0.473. The summed E-state index contributed by atoms with van der Waals surface area (Å²) in [7, 11) is 1.54. The number of oxime groups is 1. The average molecular weight is 412 g/mol. The summed E-state index contributed by atoms with van der Waals surface area (Å²) >= 11 is 0. The van der Waals surface area contributed by atoms with E-state index in [9.17, 15) is 13.2 Å². The molecule has 0 amide bonds. The van der Waals surface area contributed by atoms with Crippen LogP contribution in [0.1, 0.15) is 25.8 Å². The fourth-order valence-corrected chi connectivity index (χ4v) is 2.46. The van der Waals surface area contributed by atoms with Crippen LogP contribution >= 0.6 is 0 Å². The number of H-pyrrole nitrogens is 1. The number of alkyl halides is 3. The van der Waals surface area contributed by atoms with Gasteiger partial charge in [-0.15, -0.1) is 0 Å². The monoisotopic (exact) mass is 412 g/mol. The van der Waals surface area contributed by atoms with Crippen LogP contribution in [-0.2, 0) is 9.63 Å². The molecule has 0 aliphatic heterocycles. The van der Waals surface area contributed by atoms with Crippen molar-refractivity contribution in [2.75, 3.05) is 7.11 Å². The minimum Gasteiger partial charge on any atom is -0.475 e. The number of aromatic nitrogens is 5. The van der Waals surface area contributed by atoms with Crippen molar-refractivity contribution < 1.29 is 27.9 Å². The fourth-order valence-electron chi connectivity index (χ4n) is 2.46. The number of carboxylic acids is 1. The fraction of sp³-hybridized carbons (Fsp3) is 0.353. The van der Waals surface area contributed by atoms with E-state index in [1.165, 1.54) is 0 Å². The van der Waals surface area contributed by atoms with Crippen molar-refractivity contribution in [3.63, 3.8) is 0 Å². The summed E-state index contributed by atoms with van der Waals surface area (Å²) in [6.45, 7) is 2.13. The molecule has 29 heavy (non-hydrogen) atoms. The van der Waals surface area contributed by atoms with Gasteiger partial charge >= 0.3 is 12.1 Å². The number of fused-ring (bicyclic) bond motifs is 1. The molecule has 0 saturated carbocycles. The number of hydrogen-bond acceptors (Lipinski definition) is 6. The Morgan fingerprint density at radius 1 is 1.45 bits per heavy atom. The summed E-state index contributed by atoms with van der Waals surface area (Å²) < 4.78 is 33.7. The first-order valence-corrected chi connectivity index (χ1v) is 8.45. The highest BCUT2D eigenvalue weighted by Gasteiger charge is 2.38. The van der Waals surface area contributed by atoms with Crippen molar-refractivity contribution in [1.82, 2.24) is 24.7 Å². The molecule has 3 aromatic heterocycles. The van der Waals surface area contributed by atoms with Crippen LogP contribution in [0.2, 0.25) is 0 Å². The molecule has 1 atom stereocenters. The minimum absolute atomic E-state index is 0.246. The third-order valence-electron chi connectivity index (χ3n) is 3.87. The van der Waals surface area contributed by atoms with E-state index in [2.05, 4.69) is 32.1 Å². The highest BCUT2D eigenvalue weighted by atomic mass is 19.4. The van der Waals surface area contributed by atoms with Gasteiger partial charge in [-0.2, -0.15) is 18.3 Å². The van der Waals surface area contributed by atoms with Gasteiger partial charge in [0.2, 0.25) is 0 Å². The molecule has 3 aromatic rings. The van der Waals surface area contributed by atoms with Gasteiger partial charge in [-0.3, -0.25) is 4.68 Å². The van der Waals surface area contributed by atoms with Gasteiger partial charge in [0.15, 0.2) is 0 Å². The maximum absolute atomic E-state index is 10.6. The van der Waals surface area contributed by atoms with Gasteiger partial charge in [0, 0.05) is 36.0 Å². The van der Waals surface area contributed by atoms with Crippen LogP contribution in [0.5, 0.6) is 0 Å². The largest absolute Gasteiger partial charge is 0.490 e. The van der Waals surface area contributed by atoms with Gasteiger partial charge in [0.25, 0.3) is 0 Å². The molecule has 0 bridgehead atoms. The van der Waals surface area contributed by atoms with Crippen LogP contribution in [-0.4, -0.2) is 55.3 Å². The third-order valence-corrected chi connectivity index (χ3v) is 3.87. The minimum atomic E-state index is -5.08. The SMILES string of the molecule is CCC(C/C=N\OC)n1cc(-c2ncnc3[nH]ccc23)cn1.O=C(O)C(F)(F)F. The molecular weight excluding hydrogens is 393 g/mol. The Kier molecular flexibility index (Phi) is 7.28. The van der Waals surface area contributed by atoms with Crippen molar-refractivity contribution in [3.8, 4) is 11.3 Å². The van der Waals surface area contributed by atoms with E-state index < -0.39 is 12.1 Å². The lowest BCUT2D eigenvalue weighted by atomic mass is 10.1. The molecule has 0 aliphatic rings. The number of hydrogen-bond donors (Lipinski definition) is 2. The summed E-state index contributed by atoms with van der Waals surface area (Å²) in [6, 6.07) is 2.22. The van der Waals surface area contributed by atoms with Crippen molar-refractivity contribution >= 4 is 23.2 Å². The van der Waals surface area contributed by atoms with E-state index in [4.69, 9.17) is 14.7 Å². The third kappa shape index (κ3) is 5.77. The van der Waals surface area contributed by atoms with Crippen LogP contribution in [0, 0.1) is 0 Å². The summed E-state index contributed by atoms with van der Waals surface area (Å²) in [4.78, 5) is 25.3. The lowest BCUT2D eigenvalue weighted by Crippen LogP contribution is -2.21. The molecule has 1 unspecified atom stereocenters. The molecule has 9 nitrogen and oxygen atoms in total. The van der Waals surface area contributed by atoms with Gasteiger partial charge in [0.05, 0.1) is 17.9 Å². The zero-order valence-corrected chi connectivity index (χ0v) is 15.6. The van der Waals surface area contributed by atoms with E-state index in [0.29, 0.717) is 0 Å². The Hall–Kier alpha value is -3.44. The van der Waals surface area contributed by atoms with Gasteiger partial charge < -0.3 is 14.9 Å². The van der Waals surface area contributed by atoms with Crippen molar-refractivity contribution in [1.29, 1.82) is 0 Å². The van der Waals surface area contributed by atoms with E-state index in [0.717, 1.165) is 35.1 Å². The molecule has 156 valence electrons. The maximum Gasteiger partial charge on any atom is 0.490 e. The Bertz CT molecular complexity index is 967. The average Bonchev–Trinajstić information content (AvgIpc) is 3.34. The molecule has 3 rings (SSSR count). The number of aromatic amines is 1. The van der Waals surface area contributed by atoms with Gasteiger partial charge in [0.1, 0.15) is 19.1 Å². The molecule has 0 saturated heterocycles. The molecule has 0 radical (unpaired) electrons. The van der Waals surface area contributed by atoms with Crippen molar-refractivity contribution in [3.05, 3.63) is 31.0 Å². The number of rotatable bonds is 6. The van der Waals surface area contributed by atoms with Crippen molar-refractivity contribution in [2.24, 2.45) is 5.16 Å². The first-order chi connectivity index (χ1) is 13.8. The summed E-state index contributed by atoms with van der Waals surface area (Å²) in [5, 5.41) is 16.4. The highest BCUT2D eigenvalue weighted by molar-refractivity contribution is 5.89. The Labute approximate surface area is 163 Å². The summed E-state index contributed by atoms with van der Waals surface area (Å²) in [6.07, 6.45) is 5.70. The molecule has 0 spiro atoms. The Morgan fingerprint density at radius 3 is 2.79 bits per heavy atom. The number of nitrogens with one attached hydrogen (secondary N) is 1. The second-order valence-corrected chi connectivity index (χ2v) is 5.74. The van der Waals surface area contributed by atoms with Crippen molar-refractivity contribution in [2.45, 2.75) is 32.0 Å². The smallest absolute Gasteiger partial charge is 0.475 e. The predicted molar refractivity (Wildman–Crippen MR) is 98.2 cm³/mol. The molecule has 12 heteroatoms. The second kappa shape index (κ2) is 9.66. The Balaban J connectivity index is 0.000000370. The molecule has 0 fully saturated rings. The molecular formula is C17H19F3N6O3. The Morgan fingerprint density at radius 2 is 2.17 bits per heavy atom. The summed E-state index contributed by atoms with van der Waals surface area (Å²) in [5.74, 6) is -2.76. The number of aliphatic carboxylic acids is 1. The topological polar surface area (TPSA) is 118 Å². The molecule has 3 heterocycles. The summed E-state index contributed by atoms with van der Waals surface area (Å²) in [5.41, 5.74) is 2.70. The first-order valence-electron chi connectivity index (χ1n) is 8.45.